The summed E-state index contributed by atoms with van der Waals surface area (Å²) in [4.78, 5) is 32.1. The molecule has 1 aliphatic heterocycles. The Bertz CT molecular complexity index is 1000. The van der Waals surface area contributed by atoms with Crippen molar-refractivity contribution in [2.24, 2.45) is 0 Å². The van der Waals surface area contributed by atoms with Gasteiger partial charge in [-0.1, -0.05) is 19.1 Å². The molecule has 1 aromatic carbocycles. The van der Waals surface area contributed by atoms with Gasteiger partial charge in [-0.05, 0) is 47.3 Å². The first-order chi connectivity index (χ1) is 13.1. The summed E-state index contributed by atoms with van der Waals surface area (Å²) in [5.74, 6) is -0.158. The Morgan fingerprint density at radius 1 is 1.22 bits per heavy atom. The number of aromatic nitrogens is 2. The second-order valence-electron chi connectivity index (χ2n) is 6.74. The van der Waals surface area contributed by atoms with Gasteiger partial charge in [0.2, 0.25) is 5.91 Å². The summed E-state index contributed by atoms with van der Waals surface area (Å²) in [6, 6.07) is 11.7. The third-order valence-corrected chi connectivity index (χ3v) is 5.96. The Hall–Kier alpha value is -2.51. The molecule has 1 aliphatic rings. The Morgan fingerprint density at radius 2 is 1.96 bits per heavy atom. The van der Waals surface area contributed by atoms with Crippen LogP contribution in [-0.2, 0) is 4.74 Å². The molecule has 0 bridgehead atoms. The zero-order valence-corrected chi connectivity index (χ0v) is 15.9. The molecule has 1 saturated heterocycles. The average molecular weight is 383 g/mol. The minimum absolute atomic E-state index is 0.0290. The summed E-state index contributed by atoms with van der Waals surface area (Å²) in [6.45, 7) is 5.32. The van der Waals surface area contributed by atoms with Gasteiger partial charge in [0.1, 0.15) is 4.83 Å². The van der Waals surface area contributed by atoms with E-state index in [9.17, 15) is 9.59 Å². The van der Waals surface area contributed by atoms with E-state index in [2.05, 4.69) is 34.1 Å². The average Bonchev–Trinajstić information content (AvgIpc) is 3.06. The maximum atomic E-state index is 12.7. The Balaban J connectivity index is 1.47. The van der Waals surface area contributed by atoms with E-state index in [1.54, 1.807) is 18.3 Å². The van der Waals surface area contributed by atoms with Crippen LogP contribution in [0.5, 0.6) is 0 Å². The smallest absolute Gasteiger partial charge is 0.277 e. The number of morpholine rings is 1. The van der Waals surface area contributed by atoms with Crippen molar-refractivity contribution < 1.29 is 9.53 Å². The minimum atomic E-state index is -0.275. The van der Waals surface area contributed by atoms with E-state index >= 15 is 0 Å². The third kappa shape index (κ3) is 3.65. The molecule has 7 heteroatoms. The van der Waals surface area contributed by atoms with Crippen molar-refractivity contribution in [1.29, 1.82) is 0 Å². The highest BCUT2D eigenvalue weighted by atomic mass is 32.1. The van der Waals surface area contributed by atoms with Gasteiger partial charge in [-0.25, -0.2) is 4.98 Å². The fourth-order valence-electron chi connectivity index (χ4n) is 3.33. The number of carbonyl (C=O) groups is 1. The van der Waals surface area contributed by atoms with E-state index in [0.29, 0.717) is 10.2 Å². The number of pyridine rings is 1. The van der Waals surface area contributed by atoms with Crippen molar-refractivity contribution >= 4 is 33.3 Å². The second-order valence-corrected chi connectivity index (χ2v) is 7.67. The summed E-state index contributed by atoms with van der Waals surface area (Å²) in [5.41, 5.74) is 1.99. The molecule has 6 nitrogen and oxygen atoms in total. The summed E-state index contributed by atoms with van der Waals surface area (Å²) in [5, 5.41) is 0.498. The van der Waals surface area contributed by atoms with Gasteiger partial charge < -0.3 is 9.64 Å². The Morgan fingerprint density at radius 3 is 2.67 bits per heavy atom. The molecule has 0 saturated carbocycles. The van der Waals surface area contributed by atoms with Gasteiger partial charge in [0, 0.05) is 31.4 Å². The SMILES string of the molecule is CC(CC(=O)n1sc2ncccc2c1=O)c1ccc(N2CCOCC2)cc1. The highest BCUT2D eigenvalue weighted by molar-refractivity contribution is 7.14. The summed E-state index contributed by atoms with van der Waals surface area (Å²) in [6.07, 6.45) is 1.91. The molecule has 3 aromatic rings. The van der Waals surface area contributed by atoms with Crippen molar-refractivity contribution in [3.63, 3.8) is 0 Å². The zero-order valence-electron chi connectivity index (χ0n) is 15.1. The van der Waals surface area contributed by atoms with Gasteiger partial charge >= 0.3 is 0 Å². The predicted octanol–water partition coefficient (Wildman–Crippen LogP) is 3.13. The molecule has 0 amide bonds. The van der Waals surface area contributed by atoms with Crippen molar-refractivity contribution in [2.45, 2.75) is 19.3 Å². The third-order valence-electron chi connectivity index (χ3n) is 4.91. The number of fused-ring (bicyclic) bond motifs is 1. The summed E-state index contributed by atoms with van der Waals surface area (Å²) >= 11 is 1.12. The first-order valence-electron chi connectivity index (χ1n) is 9.06. The van der Waals surface area contributed by atoms with Gasteiger partial charge in [-0.3, -0.25) is 9.59 Å². The van der Waals surface area contributed by atoms with Crippen LogP contribution < -0.4 is 10.5 Å². The summed E-state index contributed by atoms with van der Waals surface area (Å²) in [7, 11) is 0. The number of hydrogen-bond donors (Lipinski definition) is 0. The van der Waals surface area contributed by atoms with Crippen LogP contribution in [0.2, 0.25) is 0 Å². The lowest BCUT2D eigenvalue weighted by molar-refractivity contribution is 0.0905. The Labute approximate surface area is 161 Å². The molecule has 27 heavy (non-hydrogen) atoms. The van der Waals surface area contributed by atoms with E-state index in [4.69, 9.17) is 4.74 Å². The number of rotatable bonds is 4. The molecule has 3 heterocycles. The second kappa shape index (κ2) is 7.62. The van der Waals surface area contributed by atoms with Gasteiger partial charge in [-0.15, -0.1) is 0 Å². The molecule has 1 atom stereocenters. The quantitative estimate of drug-likeness (QED) is 0.693. The van der Waals surface area contributed by atoms with Crippen LogP contribution in [0, 0.1) is 0 Å². The number of hydrogen-bond acceptors (Lipinski definition) is 6. The number of nitrogens with zero attached hydrogens (tertiary/aromatic N) is 3. The molecule has 1 unspecified atom stereocenters. The van der Waals surface area contributed by atoms with Crippen LogP contribution in [0.4, 0.5) is 5.69 Å². The highest BCUT2D eigenvalue weighted by Crippen LogP contribution is 2.24. The molecule has 0 radical (unpaired) electrons. The zero-order chi connectivity index (χ0) is 18.8. The number of anilines is 1. The van der Waals surface area contributed by atoms with E-state index in [-0.39, 0.29) is 23.8 Å². The maximum Gasteiger partial charge on any atom is 0.277 e. The van der Waals surface area contributed by atoms with Crippen LogP contribution in [0.15, 0.2) is 47.4 Å². The van der Waals surface area contributed by atoms with Crippen LogP contribution in [0.3, 0.4) is 0 Å². The van der Waals surface area contributed by atoms with Gasteiger partial charge in [0.15, 0.2) is 0 Å². The Kier molecular flexibility index (Phi) is 5.05. The molecule has 0 aliphatic carbocycles. The fourth-order valence-corrected chi connectivity index (χ4v) is 4.22. The lowest BCUT2D eigenvalue weighted by atomic mass is 9.97. The van der Waals surface area contributed by atoms with Crippen LogP contribution in [0.1, 0.15) is 29.6 Å². The number of benzene rings is 1. The predicted molar refractivity (Wildman–Crippen MR) is 107 cm³/mol. The molecule has 1 fully saturated rings. The largest absolute Gasteiger partial charge is 0.378 e. The highest BCUT2D eigenvalue weighted by Gasteiger charge is 2.18. The van der Waals surface area contributed by atoms with Gasteiger partial charge in [0.25, 0.3) is 5.56 Å². The molecule has 2 aromatic heterocycles. The lowest BCUT2D eigenvalue weighted by Crippen LogP contribution is -2.36. The summed E-state index contributed by atoms with van der Waals surface area (Å²) < 4.78 is 6.62. The number of carbonyl (C=O) groups excluding carboxylic acids is 1. The first kappa shape index (κ1) is 17.9. The molecule has 0 spiro atoms. The van der Waals surface area contributed by atoms with Crippen molar-refractivity contribution in [3.05, 3.63) is 58.5 Å². The molecule has 4 rings (SSSR count). The van der Waals surface area contributed by atoms with E-state index < -0.39 is 0 Å². The van der Waals surface area contributed by atoms with Crippen molar-refractivity contribution in [2.75, 3.05) is 31.2 Å². The van der Waals surface area contributed by atoms with Crippen LogP contribution in [-0.4, -0.2) is 41.2 Å². The lowest BCUT2D eigenvalue weighted by Gasteiger charge is -2.29. The number of ether oxygens (including phenoxy) is 1. The molecule has 0 N–H and O–H groups in total. The van der Waals surface area contributed by atoms with Crippen molar-refractivity contribution in [1.82, 2.24) is 8.94 Å². The van der Waals surface area contributed by atoms with Gasteiger partial charge in [-0.2, -0.15) is 3.96 Å². The van der Waals surface area contributed by atoms with E-state index in [0.717, 1.165) is 43.4 Å². The van der Waals surface area contributed by atoms with Crippen LogP contribution >= 0.6 is 11.5 Å². The topological polar surface area (TPSA) is 64.4 Å². The van der Waals surface area contributed by atoms with Crippen molar-refractivity contribution in [3.8, 4) is 0 Å². The fraction of sp³-hybridized carbons (Fsp3) is 0.350. The molecule has 140 valence electrons. The normalized spacial score (nSPS) is 15.8. The molecular weight excluding hydrogens is 362 g/mol. The minimum Gasteiger partial charge on any atom is -0.378 e. The first-order valence-corrected chi connectivity index (χ1v) is 9.84. The monoisotopic (exact) mass is 383 g/mol. The van der Waals surface area contributed by atoms with Gasteiger partial charge in [0.05, 0.1) is 18.6 Å². The van der Waals surface area contributed by atoms with Crippen LogP contribution in [0.25, 0.3) is 10.2 Å². The maximum absolute atomic E-state index is 12.7. The van der Waals surface area contributed by atoms with E-state index in [1.807, 2.05) is 6.92 Å². The molecular formula is C20H21N3O3S. The standard InChI is InChI=1S/C20H21N3O3S/c1-14(15-4-6-16(7-5-15)22-9-11-26-12-10-22)13-18(24)23-20(25)17-3-2-8-21-19(17)27-23/h2-8,14H,9-13H2,1H3. The van der Waals surface area contributed by atoms with E-state index in [1.165, 1.54) is 9.64 Å².